The monoisotopic (exact) mass is 356 g/mol. The first-order valence-electron chi connectivity index (χ1n) is 8.38. The number of carbonyl (C=O) groups excluding carboxylic acids is 2. The number of ketones is 1. The smallest absolute Gasteiger partial charge is 0.321 e. The van der Waals surface area contributed by atoms with E-state index in [9.17, 15) is 14.7 Å². The molecule has 138 valence electrons. The number of aliphatic hydroxyl groups is 1. The van der Waals surface area contributed by atoms with Gasteiger partial charge >= 0.3 is 6.03 Å². The number of nitrogens with one attached hydrogen (secondary N) is 1. The number of anilines is 1. The van der Waals surface area contributed by atoms with Gasteiger partial charge in [-0.15, -0.1) is 0 Å². The molecule has 2 rings (SSSR count). The largest absolute Gasteiger partial charge is 0.389 e. The number of benzene rings is 2. The number of likely N-dealkylation sites (N-methyl/N-ethyl adjacent to an activating group) is 1. The molecule has 2 amide bonds. The van der Waals surface area contributed by atoms with Gasteiger partial charge in [-0.3, -0.25) is 4.79 Å². The Bertz CT molecular complexity index is 734. The van der Waals surface area contributed by atoms with Gasteiger partial charge in [-0.2, -0.15) is 0 Å². The van der Waals surface area contributed by atoms with E-state index in [0.717, 1.165) is 5.56 Å². The molecule has 0 aromatic heterocycles. The van der Waals surface area contributed by atoms with Gasteiger partial charge in [0.15, 0.2) is 5.78 Å². The highest BCUT2D eigenvalue weighted by molar-refractivity contribution is 5.96. The van der Waals surface area contributed by atoms with E-state index < -0.39 is 6.10 Å². The van der Waals surface area contributed by atoms with Crippen molar-refractivity contribution in [2.45, 2.75) is 19.6 Å². The summed E-state index contributed by atoms with van der Waals surface area (Å²) in [7, 11) is 1.59. The van der Waals surface area contributed by atoms with Gasteiger partial charge in [0.2, 0.25) is 0 Å². The van der Waals surface area contributed by atoms with E-state index in [1.54, 1.807) is 31.3 Å². The third-order valence-electron chi connectivity index (χ3n) is 3.77. The number of amides is 2. The van der Waals surface area contributed by atoms with Crippen molar-refractivity contribution in [1.29, 1.82) is 0 Å². The predicted molar refractivity (Wildman–Crippen MR) is 100 cm³/mol. The van der Waals surface area contributed by atoms with Crippen molar-refractivity contribution < 1.29 is 19.4 Å². The quantitative estimate of drug-likeness (QED) is 0.713. The number of Topliss-reactive ketones (excluding diaryl/α,β-unsaturated/α-hetero) is 1. The van der Waals surface area contributed by atoms with Crippen molar-refractivity contribution in [2.75, 3.05) is 25.5 Å². The molecule has 0 bridgehead atoms. The van der Waals surface area contributed by atoms with Crippen molar-refractivity contribution in [3.05, 3.63) is 65.7 Å². The molecule has 0 saturated heterocycles. The molecule has 2 aromatic carbocycles. The highest BCUT2D eigenvalue weighted by atomic mass is 16.5. The summed E-state index contributed by atoms with van der Waals surface area (Å²) in [5.74, 6) is -0.0690. The fraction of sp³-hybridized carbons (Fsp3) is 0.300. The molecule has 0 aliphatic heterocycles. The van der Waals surface area contributed by atoms with E-state index in [0.29, 0.717) is 17.9 Å². The first kappa shape index (κ1) is 19.6. The van der Waals surface area contributed by atoms with E-state index in [-0.39, 0.29) is 25.0 Å². The van der Waals surface area contributed by atoms with Gasteiger partial charge in [0.1, 0.15) is 0 Å². The van der Waals surface area contributed by atoms with Gasteiger partial charge < -0.3 is 20.1 Å². The second-order valence-corrected chi connectivity index (χ2v) is 6.10. The summed E-state index contributed by atoms with van der Waals surface area (Å²) in [5, 5.41) is 12.7. The Balaban J connectivity index is 1.77. The van der Waals surface area contributed by atoms with Gasteiger partial charge in [0.25, 0.3) is 0 Å². The number of carbonyl (C=O) groups is 2. The van der Waals surface area contributed by atoms with E-state index in [2.05, 4.69) is 5.32 Å². The first-order valence-corrected chi connectivity index (χ1v) is 8.38. The Labute approximate surface area is 153 Å². The van der Waals surface area contributed by atoms with Crippen LogP contribution in [0.25, 0.3) is 0 Å². The lowest BCUT2D eigenvalue weighted by molar-refractivity contribution is 0.0188. The number of ether oxygens (including phenoxy) is 1. The third-order valence-corrected chi connectivity index (χ3v) is 3.77. The highest BCUT2D eigenvalue weighted by Gasteiger charge is 2.14. The molecule has 0 saturated carbocycles. The molecule has 6 heteroatoms. The van der Waals surface area contributed by atoms with Gasteiger partial charge in [-0.25, -0.2) is 4.79 Å². The fourth-order valence-corrected chi connectivity index (χ4v) is 2.37. The molecule has 1 atom stereocenters. The first-order chi connectivity index (χ1) is 12.5. The molecule has 0 aliphatic carbocycles. The molecule has 1 unspecified atom stereocenters. The van der Waals surface area contributed by atoms with Crippen LogP contribution in [-0.4, -0.2) is 48.1 Å². The summed E-state index contributed by atoms with van der Waals surface area (Å²) >= 11 is 0. The molecular formula is C20H24N2O4. The Hall–Kier alpha value is -2.70. The molecule has 6 nitrogen and oxygen atoms in total. The molecule has 0 fully saturated rings. The standard InChI is InChI=1S/C20H24N2O4/c1-15(23)17-9-6-10-18(11-17)21-20(25)22(2)12-19(24)14-26-13-16-7-4-3-5-8-16/h3-11,19,24H,12-14H2,1-2H3,(H,21,25). The summed E-state index contributed by atoms with van der Waals surface area (Å²) in [4.78, 5) is 25.0. The zero-order valence-electron chi connectivity index (χ0n) is 15.0. The number of hydrogen-bond acceptors (Lipinski definition) is 4. The number of nitrogens with zero attached hydrogens (tertiary/aromatic N) is 1. The minimum Gasteiger partial charge on any atom is -0.389 e. The van der Waals surface area contributed by atoms with E-state index in [1.165, 1.54) is 11.8 Å². The third kappa shape index (κ3) is 6.31. The zero-order valence-corrected chi connectivity index (χ0v) is 15.0. The summed E-state index contributed by atoms with van der Waals surface area (Å²) in [6.07, 6.45) is -0.794. The van der Waals surface area contributed by atoms with Crippen molar-refractivity contribution in [3.8, 4) is 0 Å². The molecule has 2 N–H and O–H groups in total. The second kappa shape index (κ2) is 9.70. The van der Waals surface area contributed by atoms with Gasteiger partial charge in [-0.1, -0.05) is 42.5 Å². The van der Waals surface area contributed by atoms with Crippen LogP contribution in [0.15, 0.2) is 54.6 Å². The number of hydrogen-bond donors (Lipinski definition) is 2. The minimum absolute atomic E-state index is 0.0690. The lowest BCUT2D eigenvalue weighted by Gasteiger charge is -2.21. The van der Waals surface area contributed by atoms with Crippen molar-refractivity contribution in [1.82, 2.24) is 4.90 Å². The maximum atomic E-state index is 12.2. The SMILES string of the molecule is CC(=O)c1cccc(NC(=O)N(C)CC(O)COCc2ccccc2)c1. The van der Waals surface area contributed by atoms with Crippen LogP contribution >= 0.6 is 0 Å². The lowest BCUT2D eigenvalue weighted by Crippen LogP contribution is -2.38. The molecule has 0 spiro atoms. The number of rotatable bonds is 8. The van der Waals surface area contributed by atoms with E-state index in [1.807, 2.05) is 30.3 Å². The second-order valence-electron chi connectivity index (χ2n) is 6.10. The highest BCUT2D eigenvalue weighted by Crippen LogP contribution is 2.12. The molecule has 0 heterocycles. The van der Waals surface area contributed by atoms with Crippen LogP contribution < -0.4 is 5.32 Å². The maximum absolute atomic E-state index is 12.2. The average molecular weight is 356 g/mol. The maximum Gasteiger partial charge on any atom is 0.321 e. The normalized spacial score (nSPS) is 11.7. The minimum atomic E-state index is -0.794. The zero-order chi connectivity index (χ0) is 18.9. The summed E-state index contributed by atoms with van der Waals surface area (Å²) in [6, 6.07) is 16.0. The van der Waals surface area contributed by atoms with Crippen LogP contribution in [0.1, 0.15) is 22.8 Å². The summed E-state index contributed by atoms with van der Waals surface area (Å²) < 4.78 is 5.48. The lowest BCUT2D eigenvalue weighted by atomic mass is 10.1. The average Bonchev–Trinajstić information content (AvgIpc) is 2.62. The van der Waals surface area contributed by atoms with E-state index in [4.69, 9.17) is 4.74 Å². The van der Waals surface area contributed by atoms with Gasteiger partial charge in [0.05, 0.1) is 25.9 Å². The Morgan fingerprint density at radius 1 is 1.15 bits per heavy atom. The van der Waals surface area contributed by atoms with Crippen LogP contribution in [-0.2, 0) is 11.3 Å². The van der Waals surface area contributed by atoms with Crippen LogP contribution in [0, 0.1) is 0 Å². The van der Waals surface area contributed by atoms with Crippen molar-refractivity contribution >= 4 is 17.5 Å². The van der Waals surface area contributed by atoms with Crippen molar-refractivity contribution in [2.24, 2.45) is 0 Å². The van der Waals surface area contributed by atoms with Crippen LogP contribution in [0.5, 0.6) is 0 Å². The van der Waals surface area contributed by atoms with Crippen LogP contribution in [0.4, 0.5) is 10.5 Å². The molecular weight excluding hydrogens is 332 g/mol. The summed E-state index contributed by atoms with van der Waals surface area (Å²) in [5.41, 5.74) is 2.08. The Kier molecular flexibility index (Phi) is 7.32. The predicted octanol–water partition coefficient (Wildman–Crippen LogP) is 2.93. The number of aliphatic hydroxyl groups excluding tert-OH is 1. The van der Waals surface area contributed by atoms with E-state index >= 15 is 0 Å². The number of urea groups is 1. The molecule has 0 radical (unpaired) electrons. The van der Waals surface area contributed by atoms with Crippen molar-refractivity contribution in [3.63, 3.8) is 0 Å². The topological polar surface area (TPSA) is 78.9 Å². The molecule has 2 aromatic rings. The van der Waals surface area contributed by atoms with Crippen LogP contribution in [0.2, 0.25) is 0 Å². The molecule has 0 aliphatic rings. The van der Waals surface area contributed by atoms with Gasteiger partial charge in [-0.05, 0) is 24.6 Å². The van der Waals surface area contributed by atoms with Crippen LogP contribution in [0.3, 0.4) is 0 Å². The molecule has 26 heavy (non-hydrogen) atoms. The Morgan fingerprint density at radius 3 is 2.58 bits per heavy atom. The fourth-order valence-electron chi connectivity index (χ4n) is 2.37. The summed E-state index contributed by atoms with van der Waals surface area (Å²) in [6.45, 7) is 2.14. The Morgan fingerprint density at radius 2 is 1.88 bits per heavy atom. The van der Waals surface area contributed by atoms with Gasteiger partial charge in [0, 0.05) is 18.3 Å².